The van der Waals surface area contributed by atoms with Gasteiger partial charge in [0.15, 0.2) is 11.5 Å². The molecule has 130 valence electrons. The van der Waals surface area contributed by atoms with Crippen LogP contribution in [0.15, 0.2) is 23.8 Å². The highest BCUT2D eigenvalue weighted by Gasteiger charge is 2.19. The predicted octanol–water partition coefficient (Wildman–Crippen LogP) is 2.62. The van der Waals surface area contributed by atoms with Crippen LogP contribution in [0.5, 0.6) is 11.5 Å². The number of ether oxygens (including phenoxy) is 2. The highest BCUT2D eigenvalue weighted by atomic mass is 16.5. The van der Waals surface area contributed by atoms with Gasteiger partial charge in [-0.2, -0.15) is 0 Å². The minimum absolute atomic E-state index is 0.131. The van der Waals surface area contributed by atoms with E-state index < -0.39 is 5.97 Å². The second-order valence-corrected chi connectivity index (χ2v) is 5.65. The van der Waals surface area contributed by atoms with Crippen LogP contribution in [0.2, 0.25) is 0 Å². The highest BCUT2D eigenvalue weighted by molar-refractivity contribution is 5.99. The van der Waals surface area contributed by atoms with Crippen molar-refractivity contribution in [1.29, 1.82) is 0 Å². The van der Waals surface area contributed by atoms with Gasteiger partial charge >= 0.3 is 5.97 Å². The number of hydrogen-bond donors (Lipinski definition) is 2. The van der Waals surface area contributed by atoms with Crippen molar-refractivity contribution >= 4 is 18.0 Å². The lowest BCUT2D eigenvalue weighted by molar-refractivity contribution is -0.137. The number of aliphatic carboxylic acids is 1. The maximum absolute atomic E-state index is 12.2. The molecule has 0 spiro atoms. The van der Waals surface area contributed by atoms with Gasteiger partial charge in [-0.3, -0.25) is 9.59 Å². The Balaban J connectivity index is 1.77. The Kier molecular flexibility index (Phi) is 6.66. The first kappa shape index (κ1) is 17.8. The zero-order chi connectivity index (χ0) is 17.4. The standard InChI is InChI=1S/C18H23NO5/c1-23-15-8-6-7-13-11-14(12-24-17(13)15)18(22)19-10-5-3-2-4-9-16(20)21/h6-8,11H,2-5,9-10,12H2,1H3,(H,19,22)(H,20,21). The van der Waals surface area contributed by atoms with E-state index in [9.17, 15) is 9.59 Å². The van der Waals surface area contributed by atoms with Crippen molar-refractivity contribution in [1.82, 2.24) is 5.32 Å². The van der Waals surface area contributed by atoms with Crippen molar-refractivity contribution in [3.63, 3.8) is 0 Å². The number of rotatable bonds is 9. The Morgan fingerprint density at radius 2 is 2.04 bits per heavy atom. The molecule has 0 aliphatic carbocycles. The van der Waals surface area contributed by atoms with Crippen molar-refractivity contribution in [2.45, 2.75) is 32.1 Å². The first-order valence-electron chi connectivity index (χ1n) is 8.12. The van der Waals surface area contributed by atoms with E-state index in [1.54, 1.807) is 7.11 Å². The summed E-state index contributed by atoms with van der Waals surface area (Å²) in [6.45, 7) is 0.798. The van der Waals surface area contributed by atoms with Gasteiger partial charge in [0.2, 0.25) is 0 Å². The van der Waals surface area contributed by atoms with Gasteiger partial charge in [-0.1, -0.05) is 25.0 Å². The molecular weight excluding hydrogens is 310 g/mol. The van der Waals surface area contributed by atoms with Crippen LogP contribution in [0.3, 0.4) is 0 Å². The van der Waals surface area contributed by atoms with Crippen LogP contribution >= 0.6 is 0 Å². The van der Waals surface area contributed by atoms with Crippen LogP contribution < -0.4 is 14.8 Å². The van der Waals surface area contributed by atoms with E-state index in [1.165, 1.54) is 0 Å². The molecule has 24 heavy (non-hydrogen) atoms. The number of methoxy groups -OCH3 is 1. The average Bonchev–Trinajstić information content (AvgIpc) is 2.59. The fourth-order valence-corrected chi connectivity index (χ4v) is 2.54. The number of carboxylic acid groups (broad SMARTS) is 1. The van der Waals surface area contributed by atoms with E-state index in [-0.39, 0.29) is 18.9 Å². The number of amides is 1. The molecule has 0 saturated carbocycles. The Morgan fingerprint density at radius 1 is 1.25 bits per heavy atom. The third-order valence-corrected chi connectivity index (χ3v) is 3.83. The van der Waals surface area contributed by atoms with Gasteiger partial charge in [-0.05, 0) is 25.0 Å². The molecule has 1 aliphatic rings. The SMILES string of the molecule is COc1cccc2c1OCC(C(=O)NCCCCCCC(=O)O)=C2. The topological polar surface area (TPSA) is 84.9 Å². The smallest absolute Gasteiger partial charge is 0.303 e. The zero-order valence-corrected chi connectivity index (χ0v) is 13.8. The first-order valence-corrected chi connectivity index (χ1v) is 8.12. The van der Waals surface area contributed by atoms with Gasteiger partial charge in [0, 0.05) is 18.5 Å². The Bertz CT molecular complexity index is 624. The Hall–Kier alpha value is -2.50. The van der Waals surface area contributed by atoms with E-state index in [4.69, 9.17) is 14.6 Å². The van der Waals surface area contributed by atoms with Crippen molar-refractivity contribution in [2.24, 2.45) is 0 Å². The van der Waals surface area contributed by atoms with E-state index in [0.29, 0.717) is 30.0 Å². The molecule has 1 aromatic rings. The lowest BCUT2D eigenvalue weighted by Crippen LogP contribution is -2.29. The van der Waals surface area contributed by atoms with Crippen LogP contribution in [0.25, 0.3) is 6.08 Å². The fourth-order valence-electron chi connectivity index (χ4n) is 2.54. The highest BCUT2D eigenvalue weighted by Crippen LogP contribution is 2.35. The predicted molar refractivity (Wildman–Crippen MR) is 90.2 cm³/mol. The molecule has 1 aromatic carbocycles. The number of carbonyl (C=O) groups excluding carboxylic acids is 1. The summed E-state index contributed by atoms with van der Waals surface area (Å²) >= 11 is 0. The largest absolute Gasteiger partial charge is 0.493 e. The summed E-state index contributed by atoms with van der Waals surface area (Å²) in [6, 6.07) is 5.56. The third-order valence-electron chi connectivity index (χ3n) is 3.83. The number of unbranched alkanes of at least 4 members (excludes halogenated alkanes) is 3. The van der Waals surface area contributed by atoms with Gasteiger partial charge in [0.1, 0.15) is 6.61 Å². The zero-order valence-electron chi connectivity index (χ0n) is 13.8. The lowest BCUT2D eigenvalue weighted by Gasteiger charge is -2.19. The van der Waals surface area contributed by atoms with E-state index in [0.717, 1.165) is 24.8 Å². The van der Waals surface area contributed by atoms with Gasteiger partial charge in [0.25, 0.3) is 5.91 Å². The van der Waals surface area contributed by atoms with Gasteiger partial charge in [-0.25, -0.2) is 0 Å². The molecule has 0 fully saturated rings. The monoisotopic (exact) mass is 333 g/mol. The molecule has 0 unspecified atom stereocenters. The molecule has 2 N–H and O–H groups in total. The molecule has 1 aliphatic heterocycles. The van der Waals surface area contributed by atoms with Gasteiger partial charge in [0.05, 0.1) is 12.7 Å². The normalized spacial score (nSPS) is 12.6. The minimum atomic E-state index is -0.760. The van der Waals surface area contributed by atoms with Crippen molar-refractivity contribution in [3.05, 3.63) is 29.3 Å². The molecule has 0 radical (unpaired) electrons. The second-order valence-electron chi connectivity index (χ2n) is 5.65. The average molecular weight is 333 g/mol. The van der Waals surface area contributed by atoms with E-state index in [2.05, 4.69) is 5.32 Å². The molecule has 0 aromatic heterocycles. The van der Waals surface area contributed by atoms with E-state index >= 15 is 0 Å². The lowest BCUT2D eigenvalue weighted by atomic mass is 10.1. The van der Waals surface area contributed by atoms with Crippen LogP contribution in [0, 0.1) is 0 Å². The number of para-hydroxylation sites is 1. The van der Waals surface area contributed by atoms with Crippen LogP contribution in [0.4, 0.5) is 0 Å². The van der Waals surface area contributed by atoms with Crippen molar-refractivity contribution in [3.8, 4) is 11.5 Å². The van der Waals surface area contributed by atoms with Crippen LogP contribution in [-0.4, -0.2) is 37.2 Å². The molecule has 0 saturated heterocycles. The molecular formula is C18H23NO5. The van der Waals surface area contributed by atoms with Crippen LogP contribution in [-0.2, 0) is 9.59 Å². The van der Waals surface area contributed by atoms with E-state index in [1.807, 2.05) is 24.3 Å². The number of hydrogen-bond acceptors (Lipinski definition) is 4. The molecule has 1 heterocycles. The maximum atomic E-state index is 12.2. The van der Waals surface area contributed by atoms with Gasteiger partial charge < -0.3 is 19.9 Å². The summed E-state index contributed by atoms with van der Waals surface area (Å²) in [5.74, 6) is 0.429. The molecule has 6 heteroatoms. The Labute approximate surface area is 141 Å². The number of carbonyl (C=O) groups is 2. The molecule has 6 nitrogen and oxygen atoms in total. The molecule has 2 rings (SSSR count). The molecule has 0 bridgehead atoms. The first-order chi connectivity index (χ1) is 11.6. The summed E-state index contributed by atoms with van der Waals surface area (Å²) in [7, 11) is 1.58. The summed E-state index contributed by atoms with van der Waals surface area (Å²) in [5, 5.41) is 11.4. The quantitative estimate of drug-likeness (QED) is 0.679. The number of nitrogens with one attached hydrogen (secondary N) is 1. The van der Waals surface area contributed by atoms with Crippen molar-refractivity contribution < 1.29 is 24.2 Å². The Morgan fingerprint density at radius 3 is 2.79 bits per heavy atom. The summed E-state index contributed by atoms with van der Waals surface area (Å²) < 4.78 is 10.9. The van der Waals surface area contributed by atoms with Gasteiger partial charge in [-0.15, -0.1) is 0 Å². The second kappa shape index (κ2) is 8.96. The van der Waals surface area contributed by atoms with Crippen LogP contribution in [0.1, 0.15) is 37.7 Å². The number of carboxylic acids is 1. The molecule has 0 atom stereocenters. The fraction of sp³-hybridized carbons (Fsp3) is 0.444. The summed E-state index contributed by atoms with van der Waals surface area (Å²) in [5.41, 5.74) is 1.42. The summed E-state index contributed by atoms with van der Waals surface area (Å²) in [4.78, 5) is 22.6. The van der Waals surface area contributed by atoms with Crippen molar-refractivity contribution in [2.75, 3.05) is 20.3 Å². The number of benzene rings is 1. The molecule has 1 amide bonds. The summed E-state index contributed by atoms with van der Waals surface area (Å²) in [6.07, 6.45) is 5.32. The third kappa shape index (κ3) is 5.01. The maximum Gasteiger partial charge on any atom is 0.303 e. The number of fused-ring (bicyclic) bond motifs is 1. The minimum Gasteiger partial charge on any atom is -0.493 e.